The number of benzene rings is 1. The number of likely N-dealkylation sites (tertiary alicyclic amines) is 1. The molecule has 1 aromatic carbocycles. The van der Waals surface area contributed by atoms with Gasteiger partial charge in [-0.2, -0.15) is 0 Å². The molecule has 0 bridgehead atoms. The van der Waals surface area contributed by atoms with Crippen LogP contribution in [0.2, 0.25) is 0 Å². The number of aryl methyl sites for hydroxylation is 1. The highest BCUT2D eigenvalue weighted by Gasteiger charge is 2.42. The highest BCUT2D eigenvalue weighted by molar-refractivity contribution is 5.87. The van der Waals surface area contributed by atoms with Crippen LogP contribution in [0.15, 0.2) is 24.3 Å². The van der Waals surface area contributed by atoms with Crippen molar-refractivity contribution in [1.29, 1.82) is 0 Å². The Morgan fingerprint density at radius 2 is 2.00 bits per heavy atom. The van der Waals surface area contributed by atoms with Gasteiger partial charge in [0.1, 0.15) is 0 Å². The van der Waals surface area contributed by atoms with Crippen LogP contribution in [0.25, 0.3) is 0 Å². The number of hydrogen-bond donors (Lipinski definition) is 1. The molecule has 118 valence electrons. The number of nitrogens with zero attached hydrogens (tertiary/aromatic N) is 1. The Morgan fingerprint density at radius 1 is 1.23 bits per heavy atom. The largest absolute Gasteiger partial charge is 0.478 e. The Morgan fingerprint density at radius 3 is 2.64 bits per heavy atom. The predicted octanol–water partition coefficient (Wildman–Crippen LogP) is 1.96. The lowest BCUT2D eigenvalue weighted by molar-refractivity contribution is -0.130. The van der Waals surface area contributed by atoms with E-state index in [1.165, 1.54) is 0 Å². The van der Waals surface area contributed by atoms with Crippen LogP contribution in [0.5, 0.6) is 0 Å². The summed E-state index contributed by atoms with van der Waals surface area (Å²) in [7, 11) is 0. The molecule has 0 radical (unpaired) electrons. The molecule has 5 nitrogen and oxygen atoms in total. The first-order valence-electron chi connectivity index (χ1n) is 7.76. The molecule has 1 spiro atoms. The van der Waals surface area contributed by atoms with E-state index in [0.29, 0.717) is 12.8 Å². The van der Waals surface area contributed by atoms with E-state index < -0.39 is 5.97 Å². The second-order valence-electron chi connectivity index (χ2n) is 6.37. The van der Waals surface area contributed by atoms with E-state index in [9.17, 15) is 9.59 Å². The zero-order valence-electron chi connectivity index (χ0n) is 12.6. The van der Waals surface area contributed by atoms with Crippen LogP contribution in [0, 0.1) is 5.41 Å². The van der Waals surface area contributed by atoms with Crippen molar-refractivity contribution in [2.45, 2.75) is 25.7 Å². The molecule has 22 heavy (non-hydrogen) atoms. The Labute approximate surface area is 129 Å². The average Bonchev–Trinajstić information content (AvgIpc) is 3.16. The Bertz CT molecular complexity index is 561. The summed E-state index contributed by atoms with van der Waals surface area (Å²) in [5.41, 5.74) is 1.48. The van der Waals surface area contributed by atoms with Crippen molar-refractivity contribution in [3.63, 3.8) is 0 Å². The van der Waals surface area contributed by atoms with Crippen LogP contribution in [0.4, 0.5) is 0 Å². The number of amides is 1. The molecule has 0 aromatic heterocycles. The number of rotatable bonds is 4. The molecule has 0 saturated carbocycles. The van der Waals surface area contributed by atoms with Crippen molar-refractivity contribution < 1.29 is 19.4 Å². The molecule has 2 saturated heterocycles. The first-order valence-corrected chi connectivity index (χ1v) is 7.76. The van der Waals surface area contributed by atoms with E-state index in [1.807, 2.05) is 4.90 Å². The maximum atomic E-state index is 12.3. The molecule has 2 fully saturated rings. The average molecular weight is 303 g/mol. The van der Waals surface area contributed by atoms with Gasteiger partial charge in [-0.3, -0.25) is 4.79 Å². The summed E-state index contributed by atoms with van der Waals surface area (Å²) < 4.78 is 5.48. The number of hydrogen-bond acceptors (Lipinski definition) is 3. The summed E-state index contributed by atoms with van der Waals surface area (Å²) in [6, 6.07) is 6.74. The smallest absolute Gasteiger partial charge is 0.335 e. The molecule has 1 N–H and O–H groups in total. The van der Waals surface area contributed by atoms with Crippen molar-refractivity contribution in [3.05, 3.63) is 35.4 Å². The number of aromatic carboxylic acids is 1. The fourth-order valence-electron chi connectivity index (χ4n) is 3.34. The van der Waals surface area contributed by atoms with Crippen molar-refractivity contribution in [2.24, 2.45) is 5.41 Å². The van der Waals surface area contributed by atoms with E-state index >= 15 is 0 Å². The normalized spacial score (nSPS) is 24.1. The van der Waals surface area contributed by atoms with E-state index in [2.05, 4.69) is 0 Å². The lowest BCUT2D eigenvalue weighted by Crippen LogP contribution is -2.32. The molecule has 2 aliphatic heterocycles. The maximum absolute atomic E-state index is 12.3. The second-order valence-corrected chi connectivity index (χ2v) is 6.37. The molecule has 2 heterocycles. The van der Waals surface area contributed by atoms with Gasteiger partial charge < -0.3 is 14.7 Å². The fraction of sp³-hybridized carbons (Fsp3) is 0.529. The fourth-order valence-corrected chi connectivity index (χ4v) is 3.34. The molecule has 5 heteroatoms. The minimum Gasteiger partial charge on any atom is -0.478 e. The summed E-state index contributed by atoms with van der Waals surface area (Å²) >= 11 is 0. The molecular weight excluding hydrogens is 282 g/mol. The maximum Gasteiger partial charge on any atom is 0.335 e. The van der Waals surface area contributed by atoms with Crippen LogP contribution in [-0.4, -0.2) is 48.2 Å². The topological polar surface area (TPSA) is 66.8 Å². The van der Waals surface area contributed by atoms with Crippen LogP contribution in [-0.2, 0) is 16.0 Å². The van der Waals surface area contributed by atoms with E-state index in [-0.39, 0.29) is 16.9 Å². The molecule has 2 aliphatic rings. The number of carboxylic acid groups (broad SMARTS) is 1. The van der Waals surface area contributed by atoms with Gasteiger partial charge in [0, 0.05) is 31.5 Å². The molecule has 1 amide bonds. The lowest BCUT2D eigenvalue weighted by atomic mass is 9.87. The lowest BCUT2D eigenvalue weighted by Gasteiger charge is -2.22. The van der Waals surface area contributed by atoms with Gasteiger partial charge in [-0.25, -0.2) is 4.79 Å². The number of carboxylic acids is 1. The Balaban J connectivity index is 1.51. The molecule has 0 unspecified atom stereocenters. The summed E-state index contributed by atoms with van der Waals surface area (Å²) in [6.45, 7) is 3.26. The summed E-state index contributed by atoms with van der Waals surface area (Å²) in [5.74, 6) is -0.741. The Hall–Kier alpha value is -1.88. The number of carbonyl (C=O) groups is 2. The highest BCUT2D eigenvalue weighted by Crippen LogP contribution is 2.38. The standard InChI is InChI=1S/C17H21NO4/c19-15(18-9-7-17(11-18)8-10-22-12-17)6-3-13-1-4-14(5-2-13)16(20)21/h1-2,4-5H,3,6-12H2,(H,20,21)/t17-/m0/s1. The SMILES string of the molecule is O=C(O)c1ccc(CCC(=O)N2CC[C@]3(CCOC3)C2)cc1. The van der Waals surface area contributed by atoms with Crippen molar-refractivity contribution >= 4 is 11.9 Å². The van der Waals surface area contributed by atoms with Crippen LogP contribution >= 0.6 is 0 Å². The van der Waals surface area contributed by atoms with Crippen molar-refractivity contribution in [2.75, 3.05) is 26.3 Å². The van der Waals surface area contributed by atoms with Gasteiger partial charge in [0.2, 0.25) is 5.91 Å². The van der Waals surface area contributed by atoms with Gasteiger partial charge in [-0.05, 0) is 37.0 Å². The molecule has 1 aromatic rings. The highest BCUT2D eigenvalue weighted by atomic mass is 16.5. The second kappa shape index (κ2) is 6.08. The van der Waals surface area contributed by atoms with Gasteiger partial charge in [0.15, 0.2) is 0 Å². The third-order valence-corrected chi connectivity index (χ3v) is 4.80. The van der Waals surface area contributed by atoms with Gasteiger partial charge in [-0.15, -0.1) is 0 Å². The van der Waals surface area contributed by atoms with E-state index in [0.717, 1.165) is 44.7 Å². The first kappa shape index (κ1) is 15.0. The third-order valence-electron chi connectivity index (χ3n) is 4.80. The van der Waals surface area contributed by atoms with Crippen LogP contribution < -0.4 is 0 Å². The van der Waals surface area contributed by atoms with Crippen LogP contribution in [0.1, 0.15) is 35.2 Å². The van der Waals surface area contributed by atoms with Crippen LogP contribution in [0.3, 0.4) is 0 Å². The minimum atomic E-state index is -0.927. The van der Waals surface area contributed by atoms with Gasteiger partial charge in [0.25, 0.3) is 0 Å². The third kappa shape index (κ3) is 3.14. The molecule has 3 rings (SSSR count). The summed E-state index contributed by atoms with van der Waals surface area (Å²) in [6.07, 6.45) is 3.24. The molecule has 0 aliphatic carbocycles. The van der Waals surface area contributed by atoms with Gasteiger partial charge >= 0.3 is 5.97 Å². The van der Waals surface area contributed by atoms with Gasteiger partial charge in [0.05, 0.1) is 12.2 Å². The van der Waals surface area contributed by atoms with E-state index in [1.54, 1.807) is 24.3 Å². The summed E-state index contributed by atoms with van der Waals surface area (Å²) in [5, 5.41) is 8.87. The monoisotopic (exact) mass is 303 g/mol. The molecular formula is C17H21NO4. The minimum absolute atomic E-state index is 0.186. The van der Waals surface area contributed by atoms with Crippen molar-refractivity contribution in [3.8, 4) is 0 Å². The van der Waals surface area contributed by atoms with E-state index in [4.69, 9.17) is 9.84 Å². The predicted molar refractivity (Wildman–Crippen MR) is 80.8 cm³/mol. The number of carbonyl (C=O) groups excluding carboxylic acids is 1. The zero-order chi connectivity index (χ0) is 15.6. The zero-order valence-corrected chi connectivity index (χ0v) is 12.6. The first-order chi connectivity index (χ1) is 10.6. The van der Waals surface area contributed by atoms with Crippen molar-refractivity contribution in [1.82, 2.24) is 4.90 Å². The quantitative estimate of drug-likeness (QED) is 0.923. The molecule has 1 atom stereocenters. The Kier molecular flexibility index (Phi) is 4.16. The van der Waals surface area contributed by atoms with Gasteiger partial charge in [-0.1, -0.05) is 12.1 Å². The summed E-state index contributed by atoms with van der Waals surface area (Å²) in [4.78, 5) is 25.1. The number of ether oxygens (including phenoxy) is 1.